The molecule has 0 aliphatic rings. The molecule has 1 amide bonds. The Balaban J connectivity index is 2.07. The second-order valence-corrected chi connectivity index (χ2v) is 4.90. The molecule has 3 nitrogen and oxygen atoms in total. The standard InChI is InChI=1S/C18H19NO2/c1-4-11-21-16-8-6-15(7-9-16)18(20)19-17-10-5-13(2)12-14(17)3/h4-10,12H,1,11H2,2-3H3,(H,19,20). The van der Waals surface area contributed by atoms with Crippen molar-refractivity contribution >= 4 is 11.6 Å². The highest BCUT2D eigenvalue weighted by atomic mass is 16.5. The number of nitrogens with one attached hydrogen (secondary N) is 1. The van der Waals surface area contributed by atoms with Crippen LogP contribution in [0.4, 0.5) is 5.69 Å². The lowest BCUT2D eigenvalue weighted by atomic mass is 10.1. The van der Waals surface area contributed by atoms with Gasteiger partial charge in [-0.25, -0.2) is 0 Å². The van der Waals surface area contributed by atoms with Crippen LogP contribution in [0.25, 0.3) is 0 Å². The van der Waals surface area contributed by atoms with Crippen LogP contribution < -0.4 is 10.1 Å². The van der Waals surface area contributed by atoms with Gasteiger partial charge in [-0.05, 0) is 49.7 Å². The maximum atomic E-state index is 12.2. The van der Waals surface area contributed by atoms with Crippen molar-refractivity contribution in [3.05, 3.63) is 71.8 Å². The Morgan fingerprint density at radius 3 is 2.52 bits per heavy atom. The maximum absolute atomic E-state index is 12.2. The van der Waals surface area contributed by atoms with Crippen LogP contribution in [0.1, 0.15) is 21.5 Å². The van der Waals surface area contributed by atoms with Crippen molar-refractivity contribution in [1.29, 1.82) is 0 Å². The molecule has 3 heteroatoms. The van der Waals surface area contributed by atoms with Gasteiger partial charge in [-0.2, -0.15) is 0 Å². The zero-order chi connectivity index (χ0) is 15.2. The van der Waals surface area contributed by atoms with Gasteiger partial charge in [0.05, 0.1) is 0 Å². The SMILES string of the molecule is C=CCOc1ccc(C(=O)Nc2ccc(C)cc2C)cc1. The van der Waals surface area contributed by atoms with E-state index in [-0.39, 0.29) is 5.91 Å². The third-order valence-electron chi connectivity index (χ3n) is 3.11. The number of amides is 1. The quantitative estimate of drug-likeness (QED) is 0.837. The van der Waals surface area contributed by atoms with Gasteiger partial charge < -0.3 is 10.1 Å². The van der Waals surface area contributed by atoms with Crippen LogP contribution in [-0.2, 0) is 0 Å². The van der Waals surface area contributed by atoms with Gasteiger partial charge in [-0.15, -0.1) is 0 Å². The van der Waals surface area contributed by atoms with Crippen molar-refractivity contribution in [2.24, 2.45) is 0 Å². The Bertz CT molecular complexity index is 645. The Kier molecular flexibility index (Phi) is 4.77. The van der Waals surface area contributed by atoms with Gasteiger partial charge >= 0.3 is 0 Å². The molecule has 0 spiro atoms. The number of rotatable bonds is 5. The number of hydrogen-bond acceptors (Lipinski definition) is 2. The Morgan fingerprint density at radius 2 is 1.90 bits per heavy atom. The smallest absolute Gasteiger partial charge is 0.255 e. The summed E-state index contributed by atoms with van der Waals surface area (Å²) in [6.07, 6.45) is 1.68. The molecular formula is C18H19NO2. The fraction of sp³-hybridized carbons (Fsp3) is 0.167. The van der Waals surface area contributed by atoms with Gasteiger partial charge in [0.2, 0.25) is 0 Å². The molecular weight excluding hydrogens is 262 g/mol. The largest absolute Gasteiger partial charge is 0.490 e. The van der Waals surface area contributed by atoms with E-state index < -0.39 is 0 Å². The van der Waals surface area contributed by atoms with E-state index in [9.17, 15) is 4.79 Å². The number of benzene rings is 2. The molecule has 0 aliphatic heterocycles. The highest BCUT2D eigenvalue weighted by Gasteiger charge is 2.08. The number of carbonyl (C=O) groups excluding carboxylic acids is 1. The van der Waals surface area contributed by atoms with Crippen LogP contribution >= 0.6 is 0 Å². The Labute approximate surface area is 125 Å². The van der Waals surface area contributed by atoms with Gasteiger partial charge in [0.1, 0.15) is 12.4 Å². The number of anilines is 1. The fourth-order valence-electron chi connectivity index (χ4n) is 2.01. The molecule has 0 unspecified atom stereocenters. The third kappa shape index (κ3) is 3.96. The first-order valence-electron chi connectivity index (χ1n) is 6.82. The predicted octanol–water partition coefficient (Wildman–Crippen LogP) is 4.12. The second-order valence-electron chi connectivity index (χ2n) is 4.90. The van der Waals surface area contributed by atoms with Crippen molar-refractivity contribution in [2.45, 2.75) is 13.8 Å². The van der Waals surface area contributed by atoms with Gasteiger partial charge in [-0.3, -0.25) is 4.79 Å². The average molecular weight is 281 g/mol. The molecule has 108 valence electrons. The summed E-state index contributed by atoms with van der Waals surface area (Å²) in [7, 11) is 0. The van der Waals surface area contributed by atoms with E-state index in [1.807, 2.05) is 32.0 Å². The average Bonchev–Trinajstić information content (AvgIpc) is 2.48. The summed E-state index contributed by atoms with van der Waals surface area (Å²) < 4.78 is 5.39. The second kappa shape index (κ2) is 6.75. The van der Waals surface area contributed by atoms with Crippen LogP contribution in [0.2, 0.25) is 0 Å². The highest BCUT2D eigenvalue weighted by Crippen LogP contribution is 2.18. The van der Waals surface area contributed by atoms with Crippen LogP contribution in [0.15, 0.2) is 55.1 Å². The molecule has 0 fully saturated rings. The van der Waals surface area contributed by atoms with E-state index in [1.165, 1.54) is 5.56 Å². The van der Waals surface area contributed by atoms with Crippen LogP contribution in [0.3, 0.4) is 0 Å². The summed E-state index contributed by atoms with van der Waals surface area (Å²) in [6, 6.07) is 13.0. The minimum Gasteiger partial charge on any atom is -0.490 e. The van der Waals surface area contributed by atoms with E-state index in [0.717, 1.165) is 17.0 Å². The molecule has 0 heterocycles. The molecule has 0 radical (unpaired) electrons. The molecule has 0 atom stereocenters. The topological polar surface area (TPSA) is 38.3 Å². The van der Waals surface area contributed by atoms with Crippen molar-refractivity contribution < 1.29 is 9.53 Å². The molecule has 0 saturated heterocycles. The number of carbonyl (C=O) groups is 1. The molecule has 0 saturated carbocycles. The lowest BCUT2D eigenvalue weighted by Gasteiger charge is -2.10. The number of aryl methyl sites for hydroxylation is 2. The van der Waals surface area contributed by atoms with Crippen molar-refractivity contribution in [1.82, 2.24) is 0 Å². The first kappa shape index (κ1) is 14.9. The molecule has 21 heavy (non-hydrogen) atoms. The Hall–Kier alpha value is -2.55. The lowest BCUT2D eigenvalue weighted by Crippen LogP contribution is -2.12. The first-order valence-corrected chi connectivity index (χ1v) is 6.82. The maximum Gasteiger partial charge on any atom is 0.255 e. The van der Waals surface area contributed by atoms with E-state index in [1.54, 1.807) is 30.3 Å². The summed E-state index contributed by atoms with van der Waals surface area (Å²) in [4.78, 5) is 12.2. The van der Waals surface area contributed by atoms with Crippen molar-refractivity contribution in [3.8, 4) is 5.75 Å². The molecule has 1 N–H and O–H groups in total. The highest BCUT2D eigenvalue weighted by molar-refractivity contribution is 6.04. The van der Waals surface area contributed by atoms with Crippen molar-refractivity contribution in [3.63, 3.8) is 0 Å². The number of ether oxygens (including phenoxy) is 1. The van der Waals surface area contributed by atoms with Crippen molar-refractivity contribution in [2.75, 3.05) is 11.9 Å². The molecule has 0 aromatic heterocycles. The zero-order valence-electron chi connectivity index (χ0n) is 12.3. The summed E-state index contributed by atoms with van der Waals surface area (Å²) >= 11 is 0. The van der Waals surface area contributed by atoms with Crippen LogP contribution in [-0.4, -0.2) is 12.5 Å². The van der Waals surface area contributed by atoms with Crippen LogP contribution in [0.5, 0.6) is 5.75 Å². The normalized spacial score (nSPS) is 10.0. The summed E-state index contributed by atoms with van der Waals surface area (Å²) in [6.45, 7) is 8.06. The minimum atomic E-state index is -0.128. The fourth-order valence-corrected chi connectivity index (χ4v) is 2.01. The Morgan fingerprint density at radius 1 is 1.19 bits per heavy atom. The van der Waals surface area contributed by atoms with Crippen LogP contribution in [0, 0.1) is 13.8 Å². The monoisotopic (exact) mass is 281 g/mol. The minimum absolute atomic E-state index is 0.128. The molecule has 0 aliphatic carbocycles. The number of hydrogen-bond donors (Lipinski definition) is 1. The van der Waals surface area contributed by atoms with E-state index in [0.29, 0.717) is 12.2 Å². The van der Waals surface area contributed by atoms with Gasteiger partial charge in [0.25, 0.3) is 5.91 Å². The molecule has 2 aromatic rings. The van der Waals surface area contributed by atoms with Gasteiger partial charge in [-0.1, -0.05) is 30.4 Å². The van der Waals surface area contributed by atoms with E-state index >= 15 is 0 Å². The third-order valence-corrected chi connectivity index (χ3v) is 3.11. The molecule has 0 bridgehead atoms. The van der Waals surface area contributed by atoms with E-state index in [2.05, 4.69) is 11.9 Å². The summed E-state index contributed by atoms with van der Waals surface area (Å²) in [5.74, 6) is 0.593. The zero-order valence-corrected chi connectivity index (χ0v) is 12.3. The molecule has 2 rings (SSSR count). The van der Waals surface area contributed by atoms with Gasteiger partial charge in [0.15, 0.2) is 0 Å². The molecule has 2 aromatic carbocycles. The summed E-state index contributed by atoms with van der Waals surface area (Å²) in [5.41, 5.74) is 3.65. The van der Waals surface area contributed by atoms with E-state index in [4.69, 9.17) is 4.74 Å². The lowest BCUT2D eigenvalue weighted by molar-refractivity contribution is 0.102. The summed E-state index contributed by atoms with van der Waals surface area (Å²) in [5, 5.41) is 2.92. The predicted molar refractivity (Wildman–Crippen MR) is 86.0 cm³/mol. The van der Waals surface area contributed by atoms with Gasteiger partial charge in [0, 0.05) is 11.3 Å². The first-order chi connectivity index (χ1) is 10.1.